The normalized spacial score (nSPS) is 16.0. The molecule has 3 rings (SSSR count). The second kappa shape index (κ2) is 6.43. The first-order valence-corrected chi connectivity index (χ1v) is 9.39. The molecule has 0 N–H and O–H groups in total. The van der Waals surface area contributed by atoms with Crippen molar-refractivity contribution in [2.24, 2.45) is 13.0 Å². The van der Waals surface area contributed by atoms with E-state index >= 15 is 0 Å². The van der Waals surface area contributed by atoms with Crippen molar-refractivity contribution < 1.29 is 4.79 Å². The van der Waals surface area contributed by atoms with Crippen molar-refractivity contribution in [3.8, 4) is 0 Å². The highest BCUT2D eigenvalue weighted by Gasteiger charge is 2.38. The molecule has 1 saturated carbocycles. The SMILES string of the molecule is Cc1nn(C)c2nc(C(C)C)cc(C(=O)N(C3CC3)[C@@H](C)C(C)C)c12. The fourth-order valence-electron chi connectivity index (χ4n) is 3.42. The summed E-state index contributed by atoms with van der Waals surface area (Å²) in [4.78, 5) is 20.5. The van der Waals surface area contributed by atoms with Crippen molar-refractivity contribution in [2.75, 3.05) is 0 Å². The molecule has 2 heterocycles. The van der Waals surface area contributed by atoms with Crippen LogP contribution in [0, 0.1) is 12.8 Å². The molecule has 1 atom stereocenters. The molecular formula is C20H30N4O. The minimum absolute atomic E-state index is 0.133. The fraction of sp³-hybridized carbons (Fsp3) is 0.650. The number of fused-ring (bicyclic) bond motifs is 1. The number of amides is 1. The highest BCUT2D eigenvalue weighted by molar-refractivity contribution is 6.07. The lowest BCUT2D eigenvalue weighted by Crippen LogP contribution is -2.43. The molecule has 1 fully saturated rings. The number of carbonyl (C=O) groups is 1. The van der Waals surface area contributed by atoms with Crippen molar-refractivity contribution in [1.82, 2.24) is 19.7 Å². The van der Waals surface area contributed by atoms with Gasteiger partial charge in [0.25, 0.3) is 5.91 Å². The Bertz CT molecular complexity index is 802. The molecule has 2 aromatic rings. The van der Waals surface area contributed by atoms with E-state index in [1.807, 2.05) is 20.0 Å². The van der Waals surface area contributed by atoms with Crippen LogP contribution in [0.1, 0.15) is 75.1 Å². The maximum absolute atomic E-state index is 13.6. The van der Waals surface area contributed by atoms with E-state index in [-0.39, 0.29) is 17.9 Å². The number of aromatic nitrogens is 3. The molecule has 0 radical (unpaired) electrons. The largest absolute Gasteiger partial charge is 0.333 e. The van der Waals surface area contributed by atoms with Crippen LogP contribution in [-0.4, -0.2) is 37.7 Å². The second-order valence-electron chi connectivity index (χ2n) is 8.09. The molecule has 1 aliphatic rings. The Hall–Kier alpha value is -1.91. The van der Waals surface area contributed by atoms with Gasteiger partial charge in [0, 0.05) is 24.8 Å². The Kier molecular flexibility index (Phi) is 4.60. The Morgan fingerprint density at radius 1 is 1.24 bits per heavy atom. The Labute approximate surface area is 150 Å². The van der Waals surface area contributed by atoms with E-state index in [0.29, 0.717) is 12.0 Å². The third-order valence-corrected chi connectivity index (χ3v) is 5.39. The molecule has 0 unspecified atom stereocenters. The van der Waals surface area contributed by atoms with Gasteiger partial charge in [-0.25, -0.2) is 4.98 Å². The van der Waals surface area contributed by atoms with Gasteiger partial charge in [0.1, 0.15) is 0 Å². The lowest BCUT2D eigenvalue weighted by molar-refractivity contribution is 0.0629. The molecule has 5 nitrogen and oxygen atoms in total. The van der Waals surface area contributed by atoms with Crippen LogP contribution in [-0.2, 0) is 7.05 Å². The number of rotatable bonds is 5. The average Bonchev–Trinajstić information content (AvgIpc) is 3.33. The summed E-state index contributed by atoms with van der Waals surface area (Å²) in [5.74, 6) is 0.832. The molecule has 1 aliphatic carbocycles. The summed E-state index contributed by atoms with van der Waals surface area (Å²) in [6.45, 7) is 12.7. The quantitative estimate of drug-likeness (QED) is 0.824. The number of pyridine rings is 1. The van der Waals surface area contributed by atoms with E-state index in [9.17, 15) is 4.79 Å². The van der Waals surface area contributed by atoms with Crippen LogP contribution in [0.2, 0.25) is 0 Å². The maximum Gasteiger partial charge on any atom is 0.255 e. The van der Waals surface area contributed by atoms with Gasteiger partial charge >= 0.3 is 0 Å². The van der Waals surface area contributed by atoms with Crippen LogP contribution in [0.5, 0.6) is 0 Å². The summed E-state index contributed by atoms with van der Waals surface area (Å²) >= 11 is 0. The predicted octanol–water partition coefficient (Wildman–Crippen LogP) is 4.05. The van der Waals surface area contributed by atoms with E-state index < -0.39 is 0 Å². The molecule has 0 aromatic carbocycles. The first-order valence-electron chi connectivity index (χ1n) is 9.39. The van der Waals surface area contributed by atoms with Crippen molar-refractivity contribution >= 4 is 16.9 Å². The van der Waals surface area contributed by atoms with Gasteiger partial charge in [0.05, 0.1) is 16.6 Å². The zero-order chi connectivity index (χ0) is 18.5. The lowest BCUT2D eigenvalue weighted by Gasteiger charge is -2.32. The van der Waals surface area contributed by atoms with Gasteiger partial charge in [-0.3, -0.25) is 9.48 Å². The van der Waals surface area contributed by atoms with Crippen molar-refractivity contribution in [2.45, 2.75) is 72.4 Å². The predicted molar refractivity (Wildman–Crippen MR) is 101 cm³/mol. The van der Waals surface area contributed by atoms with Crippen LogP contribution in [0.15, 0.2) is 6.07 Å². The molecule has 0 spiro atoms. The van der Waals surface area contributed by atoms with Gasteiger partial charge in [0.2, 0.25) is 0 Å². The molecule has 25 heavy (non-hydrogen) atoms. The first-order chi connectivity index (χ1) is 11.7. The fourth-order valence-corrected chi connectivity index (χ4v) is 3.42. The summed E-state index contributed by atoms with van der Waals surface area (Å²) in [6, 6.07) is 2.60. The zero-order valence-electron chi connectivity index (χ0n) is 16.5. The highest BCUT2D eigenvalue weighted by Crippen LogP contribution is 2.34. The first kappa shape index (κ1) is 17.9. The van der Waals surface area contributed by atoms with Gasteiger partial charge in [-0.15, -0.1) is 0 Å². The molecule has 1 amide bonds. The molecule has 2 aromatic heterocycles. The van der Waals surface area contributed by atoms with Crippen LogP contribution in [0.3, 0.4) is 0 Å². The minimum Gasteiger partial charge on any atom is -0.333 e. The van der Waals surface area contributed by atoms with E-state index in [1.54, 1.807) is 4.68 Å². The average molecular weight is 342 g/mol. The number of carbonyl (C=O) groups excluding carboxylic acids is 1. The van der Waals surface area contributed by atoms with Crippen molar-refractivity contribution in [1.29, 1.82) is 0 Å². The molecule has 5 heteroatoms. The van der Waals surface area contributed by atoms with Crippen molar-refractivity contribution in [3.05, 3.63) is 23.0 Å². The van der Waals surface area contributed by atoms with Gasteiger partial charge in [0.15, 0.2) is 5.65 Å². The minimum atomic E-state index is 0.133. The second-order valence-corrected chi connectivity index (χ2v) is 8.09. The van der Waals surface area contributed by atoms with Crippen LogP contribution >= 0.6 is 0 Å². The van der Waals surface area contributed by atoms with Gasteiger partial charge in [-0.05, 0) is 44.6 Å². The summed E-state index contributed by atoms with van der Waals surface area (Å²) in [7, 11) is 1.90. The Balaban J connectivity index is 2.17. The van der Waals surface area contributed by atoms with E-state index in [1.165, 1.54) is 0 Å². The summed E-state index contributed by atoms with van der Waals surface area (Å²) in [5.41, 5.74) is 3.39. The summed E-state index contributed by atoms with van der Waals surface area (Å²) in [6.07, 6.45) is 2.22. The number of aryl methyl sites for hydroxylation is 2. The van der Waals surface area contributed by atoms with E-state index in [2.05, 4.69) is 44.6 Å². The topological polar surface area (TPSA) is 51.0 Å². The van der Waals surface area contributed by atoms with Gasteiger partial charge in [-0.2, -0.15) is 5.10 Å². The molecule has 0 aliphatic heterocycles. The zero-order valence-corrected chi connectivity index (χ0v) is 16.5. The monoisotopic (exact) mass is 342 g/mol. The molecular weight excluding hydrogens is 312 g/mol. The van der Waals surface area contributed by atoms with Gasteiger partial charge < -0.3 is 4.90 Å². The lowest BCUT2D eigenvalue weighted by atomic mass is 10.00. The number of hydrogen-bond donors (Lipinski definition) is 0. The Morgan fingerprint density at radius 3 is 2.40 bits per heavy atom. The third-order valence-electron chi connectivity index (χ3n) is 5.39. The van der Waals surface area contributed by atoms with Crippen molar-refractivity contribution in [3.63, 3.8) is 0 Å². The standard InChI is InChI=1S/C20H30N4O/c1-11(2)14(6)24(15-8-9-15)20(25)16-10-17(12(3)4)21-19-18(16)13(5)22-23(19)7/h10-12,14-15H,8-9H2,1-7H3/t14-/m0/s1. The van der Waals surface area contributed by atoms with E-state index in [4.69, 9.17) is 4.98 Å². The molecule has 136 valence electrons. The maximum atomic E-state index is 13.6. The van der Waals surface area contributed by atoms with Crippen LogP contribution < -0.4 is 0 Å². The Morgan fingerprint density at radius 2 is 1.88 bits per heavy atom. The van der Waals surface area contributed by atoms with E-state index in [0.717, 1.165) is 40.8 Å². The van der Waals surface area contributed by atoms with Gasteiger partial charge in [-0.1, -0.05) is 27.7 Å². The molecule has 0 saturated heterocycles. The highest BCUT2D eigenvalue weighted by atomic mass is 16.2. The summed E-state index contributed by atoms with van der Waals surface area (Å²) < 4.78 is 1.79. The molecule has 0 bridgehead atoms. The number of hydrogen-bond acceptors (Lipinski definition) is 3. The summed E-state index contributed by atoms with van der Waals surface area (Å²) in [5, 5.41) is 5.42. The number of nitrogens with zero attached hydrogens (tertiary/aromatic N) is 4. The third kappa shape index (κ3) is 3.16. The van der Waals surface area contributed by atoms with Crippen LogP contribution in [0.4, 0.5) is 0 Å². The van der Waals surface area contributed by atoms with Crippen LogP contribution in [0.25, 0.3) is 11.0 Å². The smallest absolute Gasteiger partial charge is 0.255 e.